The highest BCUT2D eigenvalue weighted by molar-refractivity contribution is 6.19. The molecule has 0 aliphatic carbocycles. The Balaban J connectivity index is 4.72. The van der Waals surface area contributed by atoms with Gasteiger partial charge < -0.3 is 10.0 Å². The molecule has 96 valence electrons. The van der Waals surface area contributed by atoms with E-state index in [0.717, 1.165) is 0 Å². The highest BCUT2D eigenvalue weighted by Gasteiger charge is 2.37. The quantitative estimate of drug-likeness (QED) is 0.765. The second-order valence-corrected chi connectivity index (χ2v) is 4.35. The van der Waals surface area contributed by atoms with E-state index in [9.17, 15) is 18.0 Å². The molecule has 16 heavy (non-hydrogen) atoms. The van der Waals surface area contributed by atoms with Crippen LogP contribution in [0.15, 0.2) is 0 Å². The molecule has 0 aliphatic rings. The third-order valence-corrected chi connectivity index (χ3v) is 2.61. The zero-order valence-electron chi connectivity index (χ0n) is 9.14. The topological polar surface area (TPSA) is 40.5 Å². The van der Waals surface area contributed by atoms with Gasteiger partial charge >= 0.3 is 6.18 Å². The van der Waals surface area contributed by atoms with Crippen LogP contribution in [0.1, 0.15) is 13.8 Å². The summed E-state index contributed by atoms with van der Waals surface area (Å²) >= 11 is 5.51. The molecule has 0 saturated heterocycles. The van der Waals surface area contributed by atoms with Crippen LogP contribution >= 0.6 is 11.6 Å². The first-order valence-corrected chi connectivity index (χ1v) is 5.20. The molecular formula is C9H15ClF3NO2. The lowest BCUT2D eigenvalue weighted by Crippen LogP contribution is -2.47. The maximum absolute atomic E-state index is 12.2. The maximum atomic E-state index is 12.2. The van der Waals surface area contributed by atoms with Crippen LogP contribution in [0.4, 0.5) is 13.2 Å². The number of aliphatic hydroxyl groups excluding tert-OH is 1. The molecule has 0 aromatic carbocycles. The molecule has 1 amide bonds. The molecule has 0 heterocycles. The van der Waals surface area contributed by atoms with Gasteiger partial charge in [0.05, 0.1) is 12.0 Å². The summed E-state index contributed by atoms with van der Waals surface area (Å²) in [6.07, 6.45) is -4.48. The number of rotatable bonds is 5. The van der Waals surface area contributed by atoms with E-state index < -0.39 is 30.7 Å². The number of nitrogens with zero attached hydrogens (tertiary/aromatic N) is 1. The lowest BCUT2D eigenvalue weighted by molar-refractivity contribution is -0.166. The molecule has 0 aliphatic heterocycles. The largest absolute Gasteiger partial charge is 0.406 e. The van der Waals surface area contributed by atoms with Crippen LogP contribution in [-0.2, 0) is 4.79 Å². The third-order valence-electron chi connectivity index (χ3n) is 1.94. The number of carbonyl (C=O) groups excluding carboxylic acids is 1. The van der Waals surface area contributed by atoms with E-state index in [2.05, 4.69) is 0 Å². The molecule has 0 spiro atoms. The van der Waals surface area contributed by atoms with Gasteiger partial charge in [-0.1, -0.05) is 0 Å². The van der Waals surface area contributed by atoms with Crippen molar-refractivity contribution in [3.05, 3.63) is 0 Å². The lowest BCUT2D eigenvalue weighted by Gasteiger charge is -2.30. The molecule has 1 N–H and O–H groups in total. The highest BCUT2D eigenvalue weighted by atomic mass is 35.5. The fraction of sp³-hybridized carbons (Fsp3) is 0.889. The molecule has 0 radical (unpaired) electrons. The second-order valence-electron chi connectivity index (χ2n) is 4.08. The molecule has 0 aromatic rings. The summed E-state index contributed by atoms with van der Waals surface area (Å²) in [5.41, 5.74) is -1.07. The van der Waals surface area contributed by atoms with Gasteiger partial charge in [-0.2, -0.15) is 13.2 Å². The van der Waals surface area contributed by atoms with E-state index in [-0.39, 0.29) is 12.4 Å². The van der Waals surface area contributed by atoms with Crippen molar-refractivity contribution in [2.45, 2.75) is 20.0 Å². The molecule has 0 aromatic heterocycles. The summed E-state index contributed by atoms with van der Waals surface area (Å²) in [6, 6.07) is 0. The highest BCUT2D eigenvalue weighted by Crippen LogP contribution is 2.24. The van der Waals surface area contributed by atoms with Crippen molar-refractivity contribution < 1.29 is 23.1 Å². The van der Waals surface area contributed by atoms with Gasteiger partial charge in [-0.05, 0) is 13.8 Å². The first-order valence-electron chi connectivity index (χ1n) is 4.67. The summed E-state index contributed by atoms with van der Waals surface area (Å²) in [5, 5.41) is 8.63. The molecule has 0 bridgehead atoms. The second kappa shape index (κ2) is 5.72. The molecule has 0 unspecified atom stereocenters. The van der Waals surface area contributed by atoms with E-state index in [1.807, 2.05) is 0 Å². The van der Waals surface area contributed by atoms with Crippen LogP contribution in [0.5, 0.6) is 0 Å². The van der Waals surface area contributed by atoms with Crippen molar-refractivity contribution >= 4 is 17.5 Å². The molecule has 0 fully saturated rings. The SMILES string of the molecule is CC(C)(CCl)C(=O)N(CCO)CC(F)(F)F. The maximum Gasteiger partial charge on any atom is 0.406 e. The van der Waals surface area contributed by atoms with Crippen molar-refractivity contribution in [2.24, 2.45) is 5.41 Å². The van der Waals surface area contributed by atoms with E-state index in [1.165, 1.54) is 13.8 Å². The smallest absolute Gasteiger partial charge is 0.395 e. The number of carbonyl (C=O) groups is 1. The molecular weight excluding hydrogens is 247 g/mol. The summed E-state index contributed by atoms with van der Waals surface area (Å²) in [5.74, 6) is -0.792. The minimum absolute atomic E-state index is 0.0778. The summed E-state index contributed by atoms with van der Waals surface area (Å²) < 4.78 is 36.5. The fourth-order valence-corrected chi connectivity index (χ4v) is 1.19. The Morgan fingerprint density at radius 2 is 1.88 bits per heavy atom. The predicted molar refractivity (Wildman–Crippen MR) is 54.2 cm³/mol. The van der Waals surface area contributed by atoms with Gasteiger partial charge in [-0.3, -0.25) is 4.79 Å². The van der Waals surface area contributed by atoms with Crippen LogP contribution in [0.25, 0.3) is 0 Å². The average molecular weight is 262 g/mol. The number of amides is 1. The van der Waals surface area contributed by atoms with Gasteiger partial charge in [0.25, 0.3) is 0 Å². The van der Waals surface area contributed by atoms with Crippen molar-refractivity contribution in [1.29, 1.82) is 0 Å². The molecule has 3 nitrogen and oxygen atoms in total. The van der Waals surface area contributed by atoms with Crippen molar-refractivity contribution in [3.8, 4) is 0 Å². The Labute approximate surface area is 97.2 Å². The minimum Gasteiger partial charge on any atom is -0.395 e. The Kier molecular flexibility index (Phi) is 5.55. The van der Waals surface area contributed by atoms with E-state index in [4.69, 9.17) is 16.7 Å². The van der Waals surface area contributed by atoms with Gasteiger partial charge in [-0.15, -0.1) is 11.6 Å². The summed E-state index contributed by atoms with van der Waals surface area (Å²) in [7, 11) is 0. The summed E-state index contributed by atoms with van der Waals surface area (Å²) in [4.78, 5) is 12.3. The summed E-state index contributed by atoms with van der Waals surface area (Å²) in [6.45, 7) is 0.692. The van der Waals surface area contributed by atoms with Gasteiger partial charge in [0, 0.05) is 12.4 Å². The van der Waals surface area contributed by atoms with Gasteiger partial charge in [-0.25, -0.2) is 0 Å². The van der Waals surface area contributed by atoms with Crippen molar-refractivity contribution in [3.63, 3.8) is 0 Å². The molecule has 7 heteroatoms. The fourth-order valence-electron chi connectivity index (χ4n) is 1.07. The third kappa shape index (κ3) is 5.03. The molecule has 0 rings (SSSR count). The van der Waals surface area contributed by atoms with Crippen LogP contribution in [0.2, 0.25) is 0 Å². The number of halogens is 4. The van der Waals surface area contributed by atoms with Crippen LogP contribution in [0, 0.1) is 5.41 Å². The standard InChI is InChI=1S/C9H15ClF3NO2/c1-8(2,5-10)7(16)14(3-4-15)6-9(11,12)13/h15H,3-6H2,1-2H3. The van der Waals surface area contributed by atoms with Gasteiger partial charge in [0.1, 0.15) is 6.54 Å². The number of hydrogen-bond acceptors (Lipinski definition) is 2. The Bertz CT molecular complexity index is 243. The Morgan fingerprint density at radius 1 is 1.38 bits per heavy atom. The van der Waals surface area contributed by atoms with E-state index in [1.54, 1.807) is 0 Å². The van der Waals surface area contributed by atoms with Crippen molar-refractivity contribution in [2.75, 3.05) is 25.6 Å². The first kappa shape index (κ1) is 15.5. The zero-order chi connectivity index (χ0) is 13.0. The Hall–Kier alpha value is -0.490. The molecule has 0 saturated carbocycles. The normalized spacial score (nSPS) is 12.7. The number of alkyl halides is 4. The predicted octanol–water partition coefficient (Wildman–Crippen LogP) is 1.63. The zero-order valence-corrected chi connectivity index (χ0v) is 9.90. The number of hydrogen-bond donors (Lipinski definition) is 1. The van der Waals surface area contributed by atoms with E-state index in [0.29, 0.717) is 4.90 Å². The van der Waals surface area contributed by atoms with Crippen LogP contribution in [-0.4, -0.2) is 47.7 Å². The Morgan fingerprint density at radius 3 is 2.19 bits per heavy atom. The number of aliphatic hydroxyl groups is 1. The lowest BCUT2D eigenvalue weighted by atomic mass is 9.94. The average Bonchev–Trinajstić information content (AvgIpc) is 2.14. The molecule has 0 atom stereocenters. The van der Waals surface area contributed by atoms with E-state index >= 15 is 0 Å². The van der Waals surface area contributed by atoms with Crippen LogP contribution in [0.3, 0.4) is 0 Å². The van der Waals surface area contributed by atoms with Crippen LogP contribution < -0.4 is 0 Å². The first-order chi connectivity index (χ1) is 7.14. The van der Waals surface area contributed by atoms with Crippen molar-refractivity contribution in [1.82, 2.24) is 4.90 Å². The van der Waals surface area contributed by atoms with Gasteiger partial charge in [0.2, 0.25) is 5.91 Å². The monoisotopic (exact) mass is 261 g/mol. The van der Waals surface area contributed by atoms with Gasteiger partial charge in [0.15, 0.2) is 0 Å². The minimum atomic E-state index is -4.48.